The highest BCUT2D eigenvalue weighted by Crippen LogP contribution is 2.18. The molecule has 1 aromatic heterocycles. The first-order valence-electron chi connectivity index (χ1n) is 7.75. The van der Waals surface area contributed by atoms with E-state index in [1.807, 2.05) is 11.6 Å². The normalized spacial score (nSPS) is 16.9. The Labute approximate surface area is 120 Å². The van der Waals surface area contributed by atoms with Gasteiger partial charge in [-0.1, -0.05) is 25.7 Å². The zero-order chi connectivity index (χ0) is 14.4. The number of aromatic nitrogens is 2. The van der Waals surface area contributed by atoms with Gasteiger partial charge in [0.2, 0.25) is 0 Å². The van der Waals surface area contributed by atoms with Gasteiger partial charge in [-0.05, 0) is 32.7 Å². The quantitative estimate of drug-likeness (QED) is 0.809. The summed E-state index contributed by atoms with van der Waals surface area (Å²) in [6.45, 7) is 3.37. The molecule has 112 valence electrons. The average Bonchev–Trinajstić information content (AvgIpc) is 2.64. The van der Waals surface area contributed by atoms with Crippen molar-refractivity contribution in [2.75, 3.05) is 6.54 Å². The molecule has 1 saturated carbocycles. The molecule has 5 heteroatoms. The van der Waals surface area contributed by atoms with Crippen molar-refractivity contribution in [3.63, 3.8) is 0 Å². The van der Waals surface area contributed by atoms with E-state index in [1.165, 1.54) is 25.7 Å². The van der Waals surface area contributed by atoms with Gasteiger partial charge in [0.15, 0.2) is 0 Å². The first-order chi connectivity index (χ1) is 9.72. The number of nitrogens with two attached hydrogens (primary N) is 1. The Kier molecular flexibility index (Phi) is 5.59. The number of carbonyl (C=O) groups is 1. The second-order valence-corrected chi connectivity index (χ2v) is 5.67. The number of aryl methyl sites for hydroxylation is 1. The van der Waals surface area contributed by atoms with Crippen molar-refractivity contribution in [3.05, 3.63) is 17.5 Å². The van der Waals surface area contributed by atoms with Crippen LogP contribution < -0.4 is 11.1 Å². The van der Waals surface area contributed by atoms with Crippen molar-refractivity contribution in [3.8, 4) is 0 Å². The summed E-state index contributed by atoms with van der Waals surface area (Å²) < 4.78 is 1.87. The molecule has 0 unspecified atom stereocenters. The highest BCUT2D eigenvalue weighted by atomic mass is 16.1. The van der Waals surface area contributed by atoms with Gasteiger partial charge in [0.25, 0.3) is 5.91 Å². The van der Waals surface area contributed by atoms with E-state index in [4.69, 9.17) is 5.73 Å². The first-order valence-corrected chi connectivity index (χ1v) is 7.75. The predicted molar refractivity (Wildman–Crippen MR) is 79.6 cm³/mol. The minimum Gasteiger partial charge on any atom is -0.349 e. The maximum atomic E-state index is 12.3. The van der Waals surface area contributed by atoms with E-state index in [-0.39, 0.29) is 5.91 Å². The van der Waals surface area contributed by atoms with Gasteiger partial charge in [-0.2, -0.15) is 5.10 Å². The van der Waals surface area contributed by atoms with Gasteiger partial charge in [-0.25, -0.2) is 0 Å². The van der Waals surface area contributed by atoms with Crippen LogP contribution >= 0.6 is 0 Å². The fraction of sp³-hybridized carbons (Fsp3) is 0.733. The predicted octanol–water partition coefficient (Wildman–Crippen LogP) is 1.99. The second-order valence-electron chi connectivity index (χ2n) is 5.67. The molecule has 0 spiro atoms. The summed E-state index contributed by atoms with van der Waals surface area (Å²) in [5, 5.41) is 7.45. The molecule has 1 aromatic rings. The lowest BCUT2D eigenvalue weighted by molar-refractivity contribution is 0.0932. The van der Waals surface area contributed by atoms with Crippen LogP contribution in [0.3, 0.4) is 0 Å². The second kappa shape index (κ2) is 7.43. The molecule has 1 aliphatic rings. The highest BCUT2D eigenvalue weighted by molar-refractivity contribution is 5.95. The van der Waals surface area contributed by atoms with E-state index >= 15 is 0 Å². The molecule has 2 rings (SSSR count). The van der Waals surface area contributed by atoms with Gasteiger partial charge in [0.05, 0.1) is 11.8 Å². The number of carbonyl (C=O) groups excluding carboxylic acids is 1. The van der Waals surface area contributed by atoms with Crippen molar-refractivity contribution < 1.29 is 4.79 Å². The van der Waals surface area contributed by atoms with Crippen LogP contribution in [-0.4, -0.2) is 28.3 Å². The molecule has 0 aromatic carbocycles. The minimum atomic E-state index is 0.0217. The summed E-state index contributed by atoms with van der Waals surface area (Å²) in [5.74, 6) is 0.0217. The maximum absolute atomic E-state index is 12.3. The number of nitrogens with one attached hydrogen (secondary N) is 1. The highest BCUT2D eigenvalue weighted by Gasteiger charge is 2.19. The minimum absolute atomic E-state index is 0.0217. The molecule has 0 saturated heterocycles. The van der Waals surface area contributed by atoms with Gasteiger partial charge in [-0.15, -0.1) is 0 Å². The molecule has 0 aliphatic heterocycles. The molecule has 5 nitrogen and oxygen atoms in total. The molecule has 0 radical (unpaired) electrons. The van der Waals surface area contributed by atoms with E-state index in [2.05, 4.69) is 10.4 Å². The number of hydrogen-bond acceptors (Lipinski definition) is 3. The molecule has 1 heterocycles. The zero-order valence-electron chi connectivity index (χ0n) is 12.4. The van der Waals surface area contributed by atoms with Crippen LogP contribution in [0.5, 0.6) is 0 Å². The molecule has 1 fully saturated rings. The Balaban J connectivity index is 1.96. The number of rotatable bonds is 5. The van der Waals surface area contributed by atoms with Crippen LogP contribution in [0.2, 0.25) is 0 Å². The van der Waals surface area contributed by atoms with Crippen LogP contribution in [0.1, 0.15) is 61.0 Å². The SMILES string of the molecule is Cc1c(C(=O)NC2CCCCCC2)cnn1CCCN. The number of hydrogen-bond donors (Lipinski definition) is 2. The fourth-order valence-corrected chi connectivity index (χ4v) is 2.82. The summed E-state index contributed by atoms with van der Waals surface area (Å²) in [7, 11) is 0. The van der Waals surface area contributed by atoms with Crippen LogP contribution in [0, 0.1) is 6.92 Å². The van der Waals surface area contributed by atoms with Crippen LogP contribution in [0.4, 0.5) is 0 Å². The lowest BCUT2D eigenvalue weighted by atomic mass is 10.1. The number of nitrogens with zero attached hydrogens (tertiary/aromatic N) is 2. The van der Waals surface area contributed by atoms with E-state index in [1.54, 1.807) is 6.20 Å². The lowest BCUT2D eigenvalue weighted by Gasteiger charge is -2.16. The third kappa shape index (κ3) is 3.82. The maximum Gasteiger partial charge on any atom is 0.254 e. The topological polar surface area (TPSA) is 72.9 Å². The standard InChI is InChI=1S/C15H26N4O/c1-12-14(11-17-19(12)10-6-9-16)15(20)18-13-7-4-2-3-5-8-13/h11,13H,2-10,16H2,1H3,(H,18,20). The van der Waals surface area contributed by atoms with E-state index in [9.17, 15) is 4.79 Å². The van der Waals surface area contributed by atoms with Crippen molar-refractivity contribution in [2.45, 2.75) is 64.5 Å². The largest absolute Gasteiger partial charge is 0.349 e. The zero-order valence-corrected chi connectivity index (χ0v) is 12.4. The molecule has 1 amide bonds. The molecule has 3 N–H and O–H groups in total. The van der Waals surface area contributed by atoms with E-state index < -0.39 is 0 Å². The van der Waals surface area contributed by atoms with Crippen molar-refractivity contribution in [2.24, 2.45) is 5.73 Å². The van der Waals surface area contributed by atoms with Crippen LogP contribution in [-0.2, 0) is 6.54 Å². The third-order valence-corrected chi connectivity index (χ3v) is 4.11. The molecular weight excluding hydrogens is 252 g/mol. The Morgan fingerprint density at radius 3 is 2.75 bits per heavy atom. The molecule has 0 bridgehead atoms. The van der Waals surface area contributed by atoms with E-state index in [0.29, 0.717) is 18.2 Å². The van der Waals surface area contributed by atoms with Gasteiger partial charge in [0.1, 0.15) is 0 Å². The van der Waals surface area contributed by atoms with Gasteiger partial charge < -0.3 is 11.1 Å². The summed E-state index contributed by atoms with van der Waals surface area (Å²) in [6.07, 6.45) is 9.80. The van der Waals surface area contributed by atoms with Gasteiger partial charge in [0, 0.05) is 18.3 Å². The first kappa shape index (κ1) is 15.0. The smallest absolute Gasteiger partial charge is 0.254 e. The molecule has 20 heavy (non-hydrogen) atoms. The van der Waals surface area contributed by atoms with Gasteiger partial charge >= 0.3 is 0 Å². The Morgan fingerprint density at radius 2 is 2.10 bits per heavy atom. The number of amides is 1. The average molecular weight is 278 g/mol. The van der Waals surface area contributed by atoms with Crippen LogP contribution in [0.25, 0.3) is 0 Å². The summed E-state index contributed by atoms with van der Waals surface area (Å²) in [4.78, 5) is 12.3. The summed E-state index contributed by atoms with van der Waals surface area (Å²) in [5.41, 5.74) is 7.15. The van der Waals surface area contributed by atoms with Crippen molar-refractivity contribution in [1.82, 2.24) is 15.1 Å². The Morgan fingerprint density at radius 1 is 1.40 bits per heavy atom. The van der Waals surface area contributed by atoms with Crippen molar-refractivity contribution in [1.29, 1.82) is 0 Å². The third-order valence-electron chi connectivity index (χ3n) is 4.11. The molecular formula is C15H26N4O. The van der Waals surface area contributed by atoms with Crippen LogP contribution in [0.15, 0.2) is 6.20 Å². The Hall–Kier alpha value is -1.36. The summed E-state index contributed by atoms with van der Waals surface area (Å²) >= 11 is 0. The Bertz CT molecular complexity index is 433. The van der Waals surface area contributed by atoms with Gasteiger partial charge in [-0.3, -0.25) is 9.48 Å². The monoisotopic (exact) mass is 278 g/mol. The molecule has 0 atom stereocenters. The summed E-state index contributed by atoms with van der Waals surface area (Å²) in [6, 6.07) is 0.330. The van der Waals surface area contributed by atoms with E-state index in [0.717, 1.165) is 31.5 Å². The molecule has 1 aliphatic carbocycles. The van der Waals surface area contributed by atoms with Crippen molar-refractivity contribution >= 4 is 5.91 Å². The fourth-order valence-electron chi connectivity index (χ4n) is 2.82. The lowest BCUT2D eigenvalue weighted by Crippen LogP contribution is -2.34.